The van der Waals surface area contributed by atoms with E-state index in [0.717, 1.165) is 12.5 Å². The maximum atomic E-state index is 12.8. The van der Waals surface area contributed by atoms with E-state index in [-0.39, 0.29) is 23.8 Å². The monoisotopic (exact) mass is 369 g/mol. The minimum absolute atomic E-state index is 0.000460. The summed E-state index contributed by atoms with van der Waals surface area (Å²) in [5.74, 6) is -0.123. The van der Waals surface area contributed by atoms with Crippen molar-refractivity contribution in [1.82, 2.24) is 16.0 Å². The molecule has 0 spiro atoms. The van der Waals surface area contributed by atoms with E-state index >= 15 is 0 Å². The van der Waals surface area contributed by atoms with Crippen molar-refractivity contribution in [1.29, 1.82) is 0 Å². The predicted molar refractivity (Wildman–Crippen MR) is 89.5 cm³/mol. The van der Waals surface area contributed by atoms with Gasteiger partial charge in [-0.25, -0.2) is 4.79 Å². The van der Waals surface area contributed by atoms with Gasteiger partial charge in [-0.15, -0.1) is 0 Å². The fraction of sp³-hybridized carbons (Fsp3) is 0.556. The molecule has 1 aromatic rings. The molecule has 2 atom stereocenters. The Hall–Kier alpha value is -2.25. The van der Waals surface area contributed by atoms with E-state index in [4.69, 9.17) is 0 Å². The molecule has 1 saturated heterocycles. The molecule has 2 aliphatic rings. The average molecular weight is 369 g/mol. The summed E-state index contributed by atoms with van der Waals surface area (Å²) in [4.78, 5) is 23.9. The van der Waals surface area contributed by atoms with E-state index in [1.165, 1.54) is 12.1 Å². The molecule has 0 aromatic heterocycles. The van der Waals surface area contributed by atoms with Crippen molar-refractivity contribution in [2.45, 2.75) is 50.4 Å². The van der Waals surface area contributed by atoms with Crippen LogP contribution in [0.15, 0.2) is 24.3 Å². The molecule has 26 heavy (non-hydrogen) atoms. The summed E-state index contributed by atoms with van der Waals surface area (Å²) in [7, 11) is 0. The van der Waals surface area contributed by atoms with E-state index in [1.807, 2.05) is 6.92 Å². The van der Waals surface area contributed by atoms with Crippen molar-refractivity contribution in [2.75, 3.05) is 6.54 Å². The number of benzene rings is 1. The Bertz CT molecular complexity index is 687. The quantitative estimate of drug-likeness (QED) is 0.767. The standard InChI is InChI=1S/C18H22F3N3O2/c1-10-5-6-22-16(25)15(10)24-17(26)23-14-8-12(9-14)11-3-2-4-13(7-11)18(19,20)21/h2-4,7,10,12,14-15H,5-6,8-9H2,1H3,(H,22,25)(H2,23,24,26). The first-order chi connectivity index (χ1) is 12.2. The third kappa shape index (κ3) is 4.11. The minimum Gasteiger partial charge on any atom is -0.354 e. The SMILES string of the molecule is CC1CCNC(=O)C1NC(=O)NC1CC(c2cccc(C(F)(F)F)c2)C1. The van der Waals surface area contributed by atoms with Crippen LogP contribution < -0.4 is 16.0 Å². The summed E-state index contributed by atoms with van der Waals surface area (Å²) in [6.45, 7) is 2.53. The van der Waals surface area contributed by atoms with E-state index in [9.17, 15) is 22.8 Å². The number of amides is 3. The summed E-state index contributed by atoms with van der Waals surface area (Å²) in [5, 5.41) is 8.21. The van der Waals surface area contributed by atoms with Crippen LogP contribution in [0.4, 0.5) is 18.0 Å². The van der Waals surface area contributed by atoms with Gasteiger partial charge in [0.25, 0.3) is 0 Å². The number of hydrogen-bond acceptors (Lipinski definition) is 2. The summed E-state index contributed by atoms with van der Waals surface area (Å²) in [6, 6.07) is 4.27. The largest absolute Gasteiger partial charge is 0.416 e. The molecule has 5 nitrogen and oxygen atoms in total. The lowest BCUT2D eigenvalue weighted by molar-refractivity contribution is -0.137. The molecule has 1 aliphatic carbocycles. The number of alkyl halides is 3. The zero-order chi connectivity index (χ0) is 18.9. The Kier molecular flexibility index (Phi) is 5.11. The van der Waals surface area contributed by atoms with Crippen LogP contribution in [0.1, 0.15) is 43.2 Å². The second-order valence-corrected chi connectivity index (χ2v) is 7.14. The number of nitrogens with one attached hydrogen (secondary N) is 3. The van der Waals surface area contributed by atoms with Gasteiger partial charge in [-0.1, -0.05) is 25.1 Å². The lowest BCUT2D eigenvalue weighted by atomic mass is 9.75. The number of rotatable bonds is 3. The van der Waals surface area contributed by atoms with E-state index in [0.29, 0.717) is 24.9 Å². The van der Waals surface area contributed by atoms with Crippen molar-refractivity contribution in [2.24, 2.45) is 5.92 Å². The highest BCUT2D eigenvalue weighted by molar-refractivity contribution is 5.87. The molecule has 8 heteroatoms. The Morgan fingerprint density at radius 3 is 2.62 bits per heavy atom. The van der Waals surface area contributed by atoms with Crippen molar-refractivity contribution in [3.63, 3.8) is 0 Å². The molecule has 1 saturated carbocycles. The number of hydrogen-bond donors (Lipinski definition) is 3. The second kappa shape index (κ2) is 7.17. The van der Waals surface area contributed by atoms with Crippen LogP contribution in [0.5, 0.6) is 0 Å². The van der Waals surface area contributed by atoms with Gasteiger partial charge < -0.3 is 16.0 Å². The zero-order valence-corrected chi connectivity index (χ0v) is 14.4. The van der Waals surface area contributed by atoms with Gasteiger partial charge in [0, 0.05) is 12.6 Å². The molecule has 1 aromatic carbocycles. The van der Waals surface area contributed by atoms with Gasteiger partial charge in [0.1, 0.15) is 6.04 Å². The van der Waals surface area contributed by atoms with Crippen molar-refractivity contribution >= 4 is 11.9 Å². The molecule has 3 rings (SSSR count). The molecule has 2 fully saturated rings. The maximum Gasteiger partial charge on any atom is 0.416 e. The third-order valence-electron chi connectivity index (χ3n) is 5.20. The van der Waals surface area contributed by atoms with Crippen LogP contribution in [0.2, 0.25) is 0 Å². The summed E-state index contributed by atoms with van der Waals surface area (Å²) >= 11 is 0. The van der Waals surface area contributed by atoms with Gasteiger partial charge in [0.2, 0.25) is 5.91 Å². The molecule has 1 heterocycles. The molecule has 1 aliphatic heterocycles. The molecule has 0 radical (unpaired) electrons. The smallest absolute Gasteiger partial charge is 0.354 e. The highest BCUT2D eigenvalue weighted by atomic mass is 19.4. The van der Waals surface area contributed by atoms with Crippen LogP contribution in [0.3, 0.4) is 0 Å². The van der Waals surface area contributed by atoms with E-state index < -0.39 is 23.8 Å². The van der Waals surface area contributed by atoms with Gasteiger partial charge in [0.05, 0.1) is 5.56 Å². The third-order valence-corrected chi connectivity index (χ3v) is 5.20. The molecule has 0 bridgehead atoms. The molecular weight excluding hydrogens is 347 g/mol. The first-order valence-corrected chi connectivity index (χ1v) is 8.76. The Labute approximate surface area is 149 Å². The van der Waals surface area contributed by atoms with Crippen LogP contribution in [0.25, 0.3) is 0 Å². The maximum absolute atomic E-state index is 12.8. The summed E-state index contributed by atoms with van der Waals surface area (Å²) < 4.78 is 38.4. The fourth-order valence-corrected chi connectivity index (χ4v) is 3.51. The van der Waals surface area contributed by atoms with Crippen LogP contribution in [0, 0.1) is 5.92 Å². The van der Waals surface area contributed by atoms with Crippen LogP contribution in [-0.4, -0.2) is 30.6 Å². The molecule has 2 unspecified atom stereocenters. The lowest BCUT2D eigenvalue weighted by Crippen LogP contribution is -2.58. The lowest BCUT2D eigenvalue weighted by Gasteiger charge is -2.37. The van der Waals surface area contributed by atoms with Gasteiger partial charge in [-0.2, -0.15) is 13.2 Å². The number of urea groups is 1. The second-order valence-electron chi connectivity index (χ2n) is 7.14. The average Bonchev–Trinajstić information content (AvgIpc) is 2.53. The first-order valence-electron chi connectivity index (χ1n) is 8.76. The number of halogens is 3. The molecular formula is C18H22F3N3O2. The predicted octanol–water partition coefficient (Wildman–Crippen LogP) is 2.78. The molecule has 142 valence electrons. The van der Waals surface area contributed by atoms with E-state index in [1.54, 1.807) is 6.07 Å². The van der Waals surface area contributed by atoms with Gasteiger partial charge in [-0.05, 0) is 42.7 Å². The number of carbonyl (C=O) groups is 2. The Balaban J connectivity index is 1.49. The first kappa shape index (κ1) is 18.5. The zero-order valence-electron chi connectivity index (χ0n) is 14.4. The highest BCUT2D eigenvalue weighted by Crippen LogP contribution is 2.39. The van der Waals surface area contributed by atoms with Crippen LogP contribution >= 0.6 is 0 Å². The normalized spacial score (nSPS) is 28.7. The Morgan fingerprint density at radius 2 is 1.96 bits per heavy atom. The minimum atomic E-state index is -4.35. The van der Waals surface area contributed by atoms with Crippen LogP contribution in [-0.2, 0) is 11.0 Å². The van der Waals surface area contributed by atoms with Gasteiger partial charge in [0.15, 0.2) is 0 Å². The van der Waals surface area contributed by atoms with Gasteiger partial charge >= 0.3 is 12.2 Å². The topological polar surface area (TPSA) is 70.2 Å². The van der Waals surface area contributed by atoms with Crippen molar-refractivity contribution < 1.29 is 22.8 Å². The van der Waals surface area contributed by atoms with E-state index in [2.05, 4.69) is 16.0 Å². The summed E-state index contributed by atoms with van der Waals surface area (Å²) in [5.41, 5.74) is -0.0139. The number of carbonyl (C=O) groups excluding carboxylic acids is 2. The van der Waals surface area contributed by atoms with Gasteiger partial charge in [-0.3, -0.25) is 4.79 Å². The van der Waals surface area contributed by atoms with Crippen molar-refractivity contribution in [3.8, 4) is 0 Å². The van der Waals surface area contributed by atoms with Crippen molar-refractivity contribution in [3.05, 3.63) is 35.4 Å². The number of piperidine rings is 1. The molecule has 3 N–H and O–H groups in total. The Morgan fingerprint density at radius 1 is 1.23 bits per heavy atom. The highest BCUT2D eigenvalue weighted by Gasteiger charge is 2.36. The summed E-state index contributed by atoms with van der Waals surface area (Å²) in [6.07, 6.45) is -2.38. The molecule has 3 amide bonds. The fourth-order valence-electron chi connectivity index (χ4n) is 3.51.